The molecule has 1 amide bonds. The minimum Gasteiger partial charge on any atom is -0.312 e. The average Bonchev–Trinajstić information content (AvgIpc) is 3.16. The molecule has 0 saturated heterocycles. The van der Waals surface area contributed by atoms with Gasteiger partial charge in [0.15, 0.2) is 5.82 Å². The highest BCUT2D eigenvalue weighted by molar-refractivity contribution is 6.04. The number of pyridine rings is 1. The van der Waals surface area contributed by atoms with Crippen LogP contribution in [0.5, 0.6) is 0 Å². The Hall–Kier alpha value is -2.37. The summed E-state index contributed by atoms with van der Waals surface area (Å²) in [5.74, 6) is 0.327. The standard InChI is InChI=1S/C16H20N4O2/c1-3-11(2)20-10-8-14(18-20)17-16(22)12-6-7-15(21)19-9-4-5-13(12)19/h6-8,10-11H,3-5,9H2,1-2H3,(H,17,18,22). The maximum atomic E-state index is 12.5. The van der Waals surface area contributed by atoms with Crippen LogP contribution in [0.3, 0.4) is 0 Å². The second-order valence-electron chi connectivity index (χ2n) is 5.68. The number of hydrogen-bond acceptors (Lipinski definition) is 3. The molecular formula is C16H20N4O2. The topological polar surface area (TPSA) is 68.9 Å². The van der Waals surface area contributed by atoms with Gasteiger partial charge in [-0.05, 0) is 32.3 Å². The summed E-state index contributed by atoms with van der Waals surface area (Å²) in [5.41, 5.74) is 1.35. The predicted molar refractivity (Wildman–Crippen MR) is 84.2 cm³/mol. The van der Waals surface area contributed by atoms with Crippen molar-refractivity contribution in [2.24, 2.45) is 0 Å². The van der Waals surface area contributed by atoms with E-state index >= 15 is 0 Å². The van der Waals surface area contributed by atoms with Gasteiger partial charge in [-0.1, -0.05) is 6.92 Å². The van der Waals surface area contributed by atoms with Gasteiger partial charge >= 0.3 is 0 Å². The second-order valence-corrected chi connectivity index (χ2v) is 5.68. The lowest BCUT2D eigenvalue weighted by Gasteiger charge is -2.10. The molecule has 3 heterocycles. The molecule has 1 aliphatic heterocycles. The zero-order valence-corrected chi connectivity index (χ0v) is 12.9. The molecule has 1 atom stereocenters. The number of anilines is 1. The molecule has 116 valence electrons. The first-order valence-corrected chi connectivity index (χ1v) is 7.69. The third-order valence-corrected chi connectivity index (χ3v) is 4.23. The van der Waals surface area contributed by atoms with E-state index < -0.39 is 0 Å². The second kappa shape index (κ2) is 5.79. The minimum absolute atomic E-state index is 0.0369. The lowest BCUT2D eigenvalue weighted by atomic mass is 10.1. The van der Waals surface area contributed by atoms with Gasteiger partial charge in [0.25, 0.3) is 11.5 Å². The maximum absolute atomic E-state index is 12.5. The fourth-order valence-electron chi connectivity index (χ4n) is 2.77. The molecule has 1 unspecified atom stereocenters. The highest BCUT2D eigenvalue weighted by Gasteiger charge is 2.20. The van der Waals surface area contributed by atoms with Crippen molar-refractivity contribution in [1.82, 2.24) is 14.3 Å². The summed E-state index contributed by atoms with van der Waals surface area (Å²) in [7, 11) is 0. The molecule has 3 rings (SSSR count). The molecular weight excluding hydrogens is 280 g/mol. The Labute approximate surface area is 128 Å². The molecule has 1 aliphatic rings. The van der Waals surface area contributed by atoms with E-state index in [1.54, 1.807) is 16.7 Å². The van der Waals surface area contributed by atoms with E-state index in [9.17, 15) is 9.59 Å². The molecule has 0 aromatic carbocycles. The van der Waals surface area contributed by atoms with Crippen molar-refractivity contribution in [2.45, 2.75) is 45.7 Å². The molecule has 1 N–H and O–H groups in total. The van der Waals surface area contributed by atoms with Gasteiger partial charge in [-0.15, -0.1) is 0 Å². The summed E-state index contributed by atoms with van der Waals surface area (Å²) in [4.78, 5) is 24.2. The summed E-state index contributed by atoms with van der Waals surface area (Å²) in [6.45, 7) is 4.86. The summed E-state index contributed by atoms with van der Waals surface area (Å²) in [5, 5.41) is 7.19. The SMILES string of the molecule is CCC(C)n1ccc(NC(=O)c2ccc(=O)n3c2CCC3)n1. The third-order valence-electron chi connectivity index (χ3n) is 4.23. The molecule has 6 nitrogen and oxygen atoms in total. The van der Waals surface area contributed by atoms with Crippen molar-refractivity contribution in [2.75, 3.05) is 5.32 Å². The van der Waals surface area contributed by atoms with Crippen molar-refractivity contribution in [3.8, 4) is 0 Å². The lowest BCUT2D eigenvalue weighted by molar-refractivity contribution is 0.102. The largest absolute Gasteiger partial charge is 0.312 e. The quantitative estimate of drug-likeness (QED) is 0.941. The third kappa shape index (κ3) is 2.56. The Morgan fingerprint density at radius 3 is 3.00 bits per heavy atom. The van der Waals surface area contributed by atoms with Crippen LogP contribution in [-0.2, 0) is 13.0 Å². The number of hydrogen-bond donors (Lipinski definition) is 1. The number of amides is 1. The number of aromatic nitrogens is 3. The van der Waals surface area contributed by atoms with Crippen LogP contribution in [0, 0.1) is 0 Å². The molecule has 0 fully saturated rings. The smallest absolute Gasteiger partial charge is 0.258 e. The van der Waals surface area contributed by atoms with Crippen LogP contribution in [-0.4, -0.2) is 20.3 Å². The number of nitrogens with zero attached hydrogens (tertiary/aromatic N) is 3. The van der Waals surface area contributed by atoms with Crippen molar-refractivity contribution in [1.29, 1.82) is 0 Å². The zero-order chi connectivity index (χ0) is 15.7. The molecule has 22 heavy (non-hydrogen) atoms. The Balaban J connectivity index is 1.82. The average molecular weight is 300 g/mol. The van der Waals surface area contributed by atoms with E-state index in [0.29, 0.717) is 24.0 Å². The van der Waals surface area contributed by atoms with Crippen LogP contribution < -0.4 is 10.9 Å². The van der Waals surface area contributed by atoms with Gasteiger partial charge in [0.05, 0.1) is 5.56 Å². The molecule has 0 saturated carbocycles. The van der Waals surface area contributed by atoms with Crippen LogP contribution in [0.4, 0.5) is 5.82 Å². The number of carbonyl (C=O) groups excluding carboxylic acids is 1. The number of nitrogens with one attached hydrogen (secondary N) is 1. The van der Waals surface area contributed by atoms with Crippen LogP contribution in [0.15, 0.2) is 29.2 Å². The Morgan fingerprint density at radius 2 is 2.23 bits per heavy atom. The van der Waals surface area contributed by atoms with Crippen molar-refractivity contribution >= 4 is 11.7 Å². The van der Waals surface area contributed by atoms with Crippen LogP contribution in [0.1, 0.15) is 48.8 Å². The van der Waals surface area contributed by atoms with E-state index in [4.69, 9.17) is 0 Å². The van der Waals surface area contributed by atoms with Gasteiger partial charge in [-0.25, -0.2) is 0 Å². The zero-order valence-electron chi connectivity index (χ0n) is 12.9. The first kappa shape index (κ1) is 14.6. The first-order chi connectivity index (χ1) is 10.6. The van der Waals surface area contributed by atoms with Gasteiger partial charge in [-0.2, -0.15) is 5.10 Å². The maximum Gasteiger partial charge on any atom is 0.258 e. The summed E-state index contributed by atoms with van der Waals surface area (Å²) < 4.78 is 3.53. The monoisotopic (exact) mass is 300 g/mol. The minimum atomic E-state index is -0.208. The fraction of sp³-hybridized carbons (Fsp3) is 0.438. The Bertz CT molecular complexity index is 760. The van der Waals surface area contributed by atoms with Crippen molar-refractivity contribution < 1.29 is 4.79 Å². The summed E-state index contributed by atoms with van der Waals surface area (Å²) >= 11 is 0. The van der Waals surface area contributed by atoms with Crippen LogP contribution in [0.2, 0.25) is 0 Å². The molecule has 6 heteroatoms. The molecule has 0 bridgehead atoms. The van der Waals surface area contributed by atoms with E-state index in [1.807, 2.05) is 10.9 Å². The van der Waals surface area contributed by atoms with E-state index in [2.05, 4.69) is 24.3 Å². The fourth-order valence-corrected chi connectivity index (χ4v) is 2.77. The summed E-state index contributed by atoms with van der Waals surface area (Å²) in [6.07, 6.45) is 4.51. The van der Waals surface area contributed by atoms with Crippen LogP contribution >= 0.6 is 0 Å². The van der Waals surface area contributed by atoms with Gasteiger partial charge in [0.2, 0.25) is 0 Å². The van der Waals surface area contributed by atoms with Gasteiger partial charge in [-0.3, -0.25) is 14.3 Å². The van der Waals surface area contributed by atoms with E-state index in [-0.39, 0.29) is 11.5 Å². The number of fused-ring (bicyclic) bond motifs is 1. The number of rotatable bonds is 4. The van der Waals surface area contributed by atoms with Gasteiger partial charge in [0, 0.05) is 36.6 Å². The van der Waals surface area contributed by atoms with E-state index in [0.717, 1.165) is 25.0 Å². The predicted octanol–water partition coefficient (Wildman–Crippen LogP) is 2.21. The van der Waals surface area contributed by atoms with Gasteiger partial charge < -0.3 is 9.88 Å². The molecule has 0 aliphatic carbocycles. The molecule has 2 aromatic rings. The first-order valence-electron chi connectivity index (χ1n) is 7.69. The summed E-state index contributed by atoms with van der Waals surface area (Å²) in [6, 6.07) is 5.16. The van der Waals surface area contributed by atoms with Crippen molar-refractivity contribution in [3.63, 3.8) is 0 Å². The normalized spacial score (nSPS) is 14.6. The highest BCUT2D eigenvalue weighted by atomic mass is 16.2. The van der Waals surface area contributed by atoms with Gasteiger partial charge in [0.1, 0.15) is 0 Å². The lowest BCUT2D eigenvalue weighted by Crippen LogP contribution is -2.23. The highest BCUT2D eigenvalue weighted by Crippen LogP contribution is 2.18. The molecule has 0 radical (unpaired) electrons. The Morgan fingerprint density at radius 1 is 1.41 bits per heavy atom. The van der Waals surface area contributed by atoms with E-state index in [1.165, 1.54) is 6.07 Å². The van der Waals surface area contributed by atoms with Crippen LogP contribution in [0.25, 0.3) is 0 Å². The number of carbonyl (C=O) groups is 1. The Kier molecular flexibility index (Phi) is 3.83. The van der Waals surface area contributed by atoms with Crippen molar-refractivity contribution in [3.05, 3.63) is 46.0 Å². The molecule has 0 spiro atoms. The molecule has 2 aromatic heterocycles.